The first-order valence-electron chi connectivity index (χ1n) is 8.33. The number of benzene rings is 1. The van der Waals surface area contributed by atoms with Crippen LogP contribution in [0, 0.1) is 5.92 Å². The van der Waals surface area contributed by atoms with Gasteiger partial charge < -0.3 is 20.9 Å². The molecule has 1 aromatic heterocycles. The zero-order chi connectivity index (χ0) is 16.9. The van der Waals surface area contributed by atoms with Crippen LogP contribution in [0.2, 0.25) is 0 Å². The van der Waals surface area contributed by atoms with E-state index in [1.54, 1.807) is 25.4 Å². The molecule has 0 saturated heterocycles. The molecule has 24 heavy (non-hydrogen) atoms. The van der Waals surface area contributed by atoms with Crippen molar-refractivity contribution >= 4 is 11.6 Å². The van der Waals surface area contributed by atoms with Gasteiger partial charge >= 0.3 is 0 Å². The lowest BCUT2D eigenvalue weighted by atomic mass is 9.86. The Morgan fingerprint density at radius 3 is 2.58 bits per heavy atom. The Hall–Kier alpha value is -2.34. The summed E-state index contributed by atoms with van der Waals surface area (Å²) in [6, 6.07) is 7.27. The number of nitrogens with one attached hydrogen (secondary N) is 1. The molecular formula is C18H24N4O2. The van der Waals surface area contributed by atoms with Gasteiger partial charge in [0.15, 0.2) is 11.6 Å². The van der Waals surface area contributed by atoms with Crippen LogP contribution in [-0.4, -0.2) is 34.8 Å². The number of nitrogen functional groups attached to an aromatic ring is 1. The summed E-state index contributed by atoms with van der Waals surface area (Å²) in [7, 11) is 1.76. The maximum absolute atomic E-state index is 9.40. The summed E-state index contributed by atoms with van der Waals surface area (Å²) in [5.41, 5.74) is 7.62. The summed E-state index contributed by atoms with van der Waals surface area (Å²) < 4.78 is 5.25. The van der Waals surface area contributed by atoms with Crippen LogP contribution in [0.25, 0.3) is 11.3 Å². The molecule has 1 aromatic carbocycles. The minimum absolute atomic E-state index is 0.230. The van der Waals surface area contributed by atoms with Gasteiger partial charge in [-0.3, -0.25) is 0 Å². The molecule has 0 amide bonds. The quantitative estimate of drug-likeness (QED) is 0.781. The third-order valence-electron chi connectivity index (χ3n) is 4.55. The van der Waals surface area contributed by atoms with Crippen LogP contribution in [0.3, 0.4) is 0 Å². The fourth-order valence-electron chi connectivity index (χ4n) is 3.18. The van der Waals surface area contributed by atoms with Crippen LogP contribution >= 0.6 is 0 Å². The minimum atomic E-state index is 0.230. The van der Waals surface area contributed by atoms with Crippen LogP contribution in [0.15, 0.2) is 30.5 Å². The smallest absolute Gasteiger partial charge is 0.169 e. The molecule has 1 saturated carbocycles. The van der Waals surface area contributed by atoms with Gasteiger partial charge in [0.25, 0.3) is 0 Å². The molecule has 1 aliphatic carbocycles. The second kappa shape index (κ2) is 7.49. The minimum Gasteiger partial charge on any atom is -0.508 e. The monoisotopic (exact) mass is 328 g/mol. The molecule has 0 unspecified atom stereocenters. The largest absolute Gasteiger partial charge is 0.508 e. The summed E-state index contributed by atoms with van der Waals surface area (Å²) in [6.07, 6.45) is 6.12. The molecule has 6 nitrogen and oxygen atoms in total. The fraction of sp³-hybridized carbons (Fsp3) is 0.444. The summed E-state index contributed by atoms with van der Waals surface area (Å²) in [5, 5.41) is 12.8. The van der Waals surface area contributed by atoms with Gasteiger partial charge in [0.1, 0.15) is 5.75 Å². The Kier molecular flexibility index (Phi) is 5.15. The van der Waals surface area contributed by atoms with Crippen LogP contribution in [-0.2, 0) is 4.74 Å². The lowest BCUT2D eigenvalue weighted by molar-refractivity contribution is 0.129. The first-order valence-corrected chi connectivity index (χ1v) is 8.33. The van der Waals surface area contributed by atoms with E-state index in [-0.39, 0.29) is 5.75 Å². The lowest BCUT2D eigenvalue weighted by Crippen LogP contribution is -2.28. The van der Waals surface area contributed by atoms with Crippen molar-refractivity contribution in [1.29, 1.82) is 0 Å². The molecule has 0 bridgehead atoms. The maximum atomic E-state index is 9.40. The van der Waals surface area contributed by atoms with E-state index in [1.165, 1.54) is 0 Å². The molecule has 3 rings (SSSR count). The SMILES string of the molecule is COC[C@H]1CC[C@H](Nc2nc(-c3ccc(O)cc3)cnc2N)CC1. The van der Waals surface area contributed by atoms with Crippen molar-refractivity contribution in [2.24, 2.45) is 5.92 Å². The molecule has 1 fully saturated rings. The Morgan fingerprint density at radius 2 is 1.92 bits per heavy atom. The third-order valence-corrected chi connectivity index (χ3v) is 4.55. The molecule has 4 N–H and O–H groups in total. The maximum Gasteiger partial charge on any atom is 0.169 e. The van der Waals surface area contributed by atoms with Crippen LogP contribution in [0.1, 0.15) is 25.7 Å². The van der Waals surface area contributed by atoms with E-state index in [1.807, 2.05) is 12.1 Å². The van der Waals surface area contributed by atoms with Gasteiger partial charge in [0, 0.05) is 25.3 Å². The van der Waals surface area contributed by atoms with E-state index in [4.69, 9.17) is 10.5 Å². The van der Waals surface area contributed by atoms with Crippen molar-refractivity contribution in [3.63, 3.8) is 0 Å². The molecule has 0 radical (unpaired) electrons. The number of phenols is 1. The number of phenolic OH excluding ortho intramolecular Hbond substituents is 1. The zero-order valence-electron chi connectivity index (χ0n) is 13.9. The standard InChI is InChI=1S/C18H24N4O2/c1-24-11-12-2-6-14(7-3-12)21-18-17(19)20-10-16(22-18)13-4-8-15(23)9-5-13/h4-5,8-10,12,14,23H,2-3,6-7,11H2,1H3,(H2,19,20)(H,21,22)/t12-,14-. The van der Waals surface area contributed by atoms with Gasteiger partial charge in [-0.05, 0) is 55.9 Å². The molecule has 128 valence electrons. The number of hydrogen-bond acceptors (Lipinski definition) is 6. The van der Waals surface area contributed by atoms with Gasteiger partial charge in [0.05, 0.1) is 11.9 Å². The summed E-state index contributed by atoms with van der Waals surface area (Å²) >= 11 is 0. The number of rotatable bonds is 5. The molecule has 2 aromatic rings. The highest BCUT2D eigenvalue weighted by Gasteiger charge is 2.22. The lowest BCUT2D eigenvalue weighted by Gasteiger charge is -2.29. The zero-order valence-corrected chi connectivity index (χ0v) is 13.9. The van der Waals surface area contributed by atoms with Crippen LogP contribution < -0.4 is 11.1 Å². The van der Waals surface area contributed by atoms with Gasteiger partial charge in [-0.25, -0.2) is 9.97 Å². The van der Waals surface area contributed by atoms with Gasteiger partial charge in [-0.1, -0.05) is 0 Å². The number of hydrogen-bond donors (Lipinski definition) is 3. The van der Waals surface area contributed by atoms with Crippen molar-refractivity contribution in [3.05, 3.63) is 30.5 Å². The van der Waals surface area contributed by atoms with Crippen molar-refractivity contribution in [1.82, 2.24) is 9.97 Å². The van der Waals surface area contributed by atoms with Gasteiger partial charge in [0.2, 0.25) is 0 Å². The highest BCUT2D eigenvalue weighted by molar-refractivity contribution is 5.65. The summed E-state index contributed by atoms with van der Waals surface area (Å²) in [6.45, 7) is 0.838. The molecule has 1 aliphatic rings. The first-order chi connectivity index (χ1) is 11.7. The van der Waals surface area contributed by atoms with E-state index in [0.29, 0.717) is 23.6 Å². The highest BCUT2D eigenvalue weighted by Crippen LogP contribution is 2.28. The van der Waals surface area contributed by atoms with Crippen molar-refractivity contribution < 1.29 is 9.84 Å². The van der Waals surface area contributed by atoms with E-state index in [9.17, 15) is 5.11 Å². The molecule has 0 spiro atoms. The number of aromatic hydroxyl groups is 1. The number of nitrogens with zero attached hydrogens (tertiary/aromatic N) is 2. The number of ether oxygens (including phenoxy) is 1. The van der Waals surface area contributed by atoms with Crippen LogP contribution in [0.4, 0.5) is 11.6 Å². The number of methoxy groups -OCH3 is 1. The third kappa shape index (κ3) is 3.94. The molecule has 0 atom stereocenters. The highest BCUT2D eigenvalue weighted by atomic mass is 16.5. The van der Waals surface area contributed by atoms with E-state index >= 15 is 0 Å². The van der Waals surface area contributed by atoms with Crippen molar-refractivity contribution in [2.75, 3.05) is 24.8 Å². The summed E-state index contributed by atoms with van der Waals surface area (Å²) in [5.74, 6) is 1.93. The molecular weight excluding hydrogens is 304 g/mol. The predicted octanol–water partition coefficient (Wildman–Crippen LogP) is 3.05. The molecule has 1 heterocycles. The summed E-state index contributed by atoms with van der Waals surface area (Å²) in [4.78, 5) is 8.87. The predicted molar refractivity (Wildman–Crippen MR) is 94.8 cm³/mol. The number of aromatic nitrogens is 2. The Labute approximate surface area is 142 Å². The fourth-order valence-corrected chi connectivity index (χ4v) is 3.18. The second-order valence-electron chi connectivity index (χ2n) is 6.35. The average Bonchev–Trinajstić information content (AvgIpc) is 2.60. The molecule has 6 heteroatoms. The molecule has 0 aliphatic heterocycles. The van der Waals surface area contributed by atoms with Crippen LogP contribution in [0.5, 0.6) is 5.75 Å². The Balaban J connectivity index is 1.70. The van der Waals surface area contributed by atoms with E-state index < -0.39 is 0 Å². The van der Waals surface area contributed by atoms with E-state index in [2.05, 4.69) is 15.3 Å². The number of anilines is 2. The topological polar surface area (TPSA) is 93.3 Å². The van der Waals surface area contributed by atoms with Gasteiger partial charge in [-0.15, -0.1) is 0 Å². The Bertz CT molecular complexity index is 667. The van der Waals surface area contributed by atoms with E-state index in [0.717, 1.165) is 43.5 Å². The van der Waals surface area contributed by atoms with Gasteiger partial charge in [-0.2, -0.15) is 0 Å². The normalized spacial score (nSPS) is 20.7. The second-order valence-corrected chi connectivity index (χ2v) is 6.35. The number of nitrogens with two attached hydrogens (primary N) is 1. The first kappa shape index (κ1) is 16.5. The van der Waals surface area contributed by atoms with Crippen molar-refractivity contribution in [3.8, 4) is 17.0 Å². The van der Waals surface area contributed by atoms with Crippen molar-refractivity contribution in [2.45, 2.75) is 31.7 Å². The average molecular weight is 328 g/mol. The Morgan fingerprint density at radius 1 is 1.21 bits per heavy atom.